The van der Waals surface area contributed by atoms with Gasteiger partial charge in [0.1, 0.15) is 0 Å². The summed E-state index contributed by atoms with van der Waals surface area (Å²) in [7, 11) is 0. The van der Waals surface area contributed by atoms with E-state index in [-0.39, 0.29) is 0 Å². The van der Waals surface area contributed by atoms with Crippen LogP contribution in [0.4, 0.5) is 0 Å². The van der Waals surface area contributed by atoms with Gasteiger partial charge >= 0.3 is 0 Å². The highest BCUT2D eigenvalue weighted by atomic mass is 16.5. The molecule has 2 rings (SSSR count). The molecule has 112 valence electrons. The third-order valence-electron chi connectivity index (χ3n) is 5.10. The van der Waals surface area contributed by atoms with Crippen LogP contribution in [0.1, 0.15) is 40.5 Å². The minimum atomic E-state index is 0.586. The topological polar surface area (TPSA) is 24.5 Å². The van der Waals surface area contributed by atoms with Gasteiger partial charge in [-0.1, -0.05) is 20.8 Å². The predicted octanol–water partition coefficient (Wildman–Crippen LogP) is 2.37. The zero-order valence-electron chi connectivity index (χ0n) is 13.2. The molecule has 0 aromatic heterocycles. The lowest BCUT2D eigenvalue weighted by Gasteiger charge is -2.44. The number of nitrogens with one attached hydrogen (secondary N) is 1. The molecule has 1 saturated carbocycles. The van der Waals surface area contributed by atoms with E-state index in [0.717, 1.165) is 44.1 Å². The minimum Gasteiger partial charge on any atom is -0.379 e. The maximum atomic E-state index is 5.56. The molecular formula is C16H32N2O. The molecule has 1 heterocycles. The zero-order chi connectivity index (χ0) is 13.8. The molecule has 0 radical (unpaired) electrons. The first-order valence-corrected chi connectivity index (χ1v) is 8.17. The Morgan fingerprint density at radius 1 is 1.21 bits per heavy atom. The number of nitrogens with zero attached hydrogens (tertiary/aromatic N) is 1. The Morgan fingerprint density at radius 2 is 2.00 bits per heavy atom. The van der Waals surface area contributed by atoms with Gasteiger partial charge in [0.25, 0.3) is 0 Å². The normalized spacial score (nSPS) is 41.4. The molecule has 5 unspecified atom stereocenters. The third-order valence-corrected chi connectivity index (χ3v) is 5.10. The van der Waals surface area contributed by atoms with Gasteiger partial charge in [0.15, 0.2) is 0 Å². The highest BCUT2D eigenvalue weighted by Crippen LogP contribution is 2.34. The number of ether oxygens (including phenoxy) is 1. The van der Waals surface area contributed by atoms with Crippen molar-refractivity contribution in [2.45, 2.75) is 52.6 Å². The molecule has 0 aromatic carbocycles. The second-order valence-corrected chi connectivity index (χ2v) is 6.80. The second kappa shape index (κ2) is 7.05. The quantitative estimate of drug-likeness (QED) is 0.847. The van der Waals surface area contributed by atoms with Gasteiger partial charge in [0, 0.05) is 25.2 Å². The summed E-state index contributed by atoms with van der Waals surface area (Å²) in [6.07, 6.45) is 2.74. The first kappa shape index (κ1) is 15.3. The number of morpholine rings is 1. The molecule has 3 nitrogen and oxygen atoms in total. The van der Waals surface area contributed by atoms with Gasteiger partial charge in [-0.3, -0.25) is 4.90 Å². The smallest absolute Gasteiger partial charge is 0.0619 e. The van der Waals surface area contributed by atoms with E-state index in [2.05, 4.69) is 37.9 Å². The summed E-state index contributed by atoms with van der Waals surface area (Å²) >= 11 is 0. The summed E-state index contributed by atoms with van der Waals surface area (Å²) in [6.45, 7) is 14.7. The van der Waals surface area contributed by atoms with Crippen molar-refractivity contribution in [3.8, 4) is 0 Å². The van der Waals surface area contributed by atoms with Crippen LogP contribution in [0.15, 0.2) is 0 Å². The molecule has 1 N–H and O–H groups in total. The lowest BCUT2D eigenvalue weighted by molar-refractivity contribution is -0.0202. The van der Waals surface area contributed by atoms with Gasteiger partial charge in [-0.05, 0) is 44.1 Å². The van der Waals surface area contributed by atoms with E-state index in [4.69, 9.17) is 4.74 Å². The summed E-state index contributed by atoms with van der Waals surface area (Å²) in [5.41, 5.74) is 0. The largest absolute Gasteiger partial charge is 0.379 e. The Kier molecular flexibility index (Phi) is 5.67. The second-order valence-electron chi connectivity index (χ2n) is 6.80. The van der Waals surface area contributed by atoms with Gasteiger partial charge in [0.05, 0.1) is 13.2 Å². The highest BCUT2D eigenvalue weighted by Gasteiger charge is 2.35. The molecule has 2 fully saturated rings. The maximum absolute atomic E-state index is 5.56. The Labute approximate surface area is 119 Å². The predicted molar refractivity (Wildman–Crippen MR) is 80.4 cm³/mol. The fourth-order valence-electron chi connectivity index (χ4n) is 4.02. The number of hydrogen-bond donors (Lipinski definition) is 1. The van der Waals surface area contributed by atoms with Crippen LogP contribution < -0.4 is 5.32 Å². The number of hydrogen-bond acceptors (Lipinski definition) is 3. The van der Waals surface area contributed by atoms with E-state index in [1.54, 1.807) is 0 Å². The van der Waals surface area contributed by atoms with E-state index < -0.39 is 0 Å². The van der Waals surface area contributed by atoms with E-state index in [9.17, 15) is 0 Å². The van der Waals surface area contributed by atoms with Gasteiger partial charge in [-0.15, -0.1) is 0 Å². The average Bonchev–Trinajstić information content (AvgIpc) is 2.36. The number of rotatable bonds is 4. The Balaban J connectivity index is 1.97. The Hall–Kier alpha value is -0.120. The molecule has 0 amide bonds. The van der Waals surface area contributed by atoms with Crippen LogP contribution in [0.5, 0.6) is 0 Å². The van der Waals surface area contributed by atoms with Crippen molar-refractivity contribution >= 4 is 0 Å². The molecule has 19 heavy (non-hydrogen) atoms. The van der Waals surface area contributed by atoms with Crippen molar-refractivity contribution < 1.29 is 4.74 Å². The zero-order valence-corrected chi connectivity index (χ0v) is 13.2. The summed E-state index contributed by atoms with van der Waals surface area (Å²) in [5, 5.41) is 3.74. The molecule has 0 spiro atoms. The van der Waals surface area contributed by atoms with Crippen LogP contribution in [0, 0.1) is 17.8 Å². The first-order valence-electron chi connectivity index (χ1n) is 8.17. The molecule has 1 saturated heterocycles. The molecule has 0 bridgehead atoms. The van der Waals surface area contributed by atoms with Crippen molar-refractivity contribution in [3.63, 3.8) is 0 Å². The molecule has 5 atom stereocenters. The van der Waals surface area contributed by atoms with Gasteiger partial charge in [-0.2, -0.15) is 0 Å². The molecular weight excluding hydrogens is 236 g/mol. The maximum Gasteiger partial charge on any atom is 0.0619 e. The van der Waals surface area contributed by atoms with Crippen LogP contribution in [0.2, 0.25) is 0 Å². The Morgan fingerprint density at radius 3 is 2.68 bits per heavy atom. The lowest BCUT2D eigenvalue weighted by atomic mass is 9.72. The lowest BCUT2D eigenvalue weighted by Crippen LogP contribution is -2.53. The van der Waals surface area contributed by atoms with Gasteiger partial charge < -0.3 is 10.1 Å². The van der Waals surface area contributed by atoms with Crippen LogP contribution in [-0.4, -0.2) is 49.8 Å². The summed E-state index contributed by atoms with van der Waals surface area (Å²) in [6, 6.07) is 1.29. The van der Waals surface area contributed by atoms with E-state index in [1.165, 1.54) is 19.4 Å². The first-order chi connectivity index (χ1) is 9.11. The van der Waals surface area contributed by atoms with Gasteiger partial charge in [-0.25, -0.2) is 0 Å². The van der Waals surface area contributed by atoms with Crippen LogP contribution in [0.3, 0.4) is 0 Å². The SMILES string of the molecule is CCNC1CC(C)CC(C)C1CN1CCOCC1C. The highest BCUT2D eigenvalue weighted by molar-refractivity contribution is 4.90. The molecule has 1 aliphatic heterocycles. The Bertz CT molecular complexity index is 271. The average molecular weight is 268 g/mol. The van der Waals surface area contributed by atoms with E-state index >= 15 is 0 Å². The molecule has 2 aliphatic rings. The fourth-order valence-corrected chi connectivity index (χ4v) is 4.02. The summed E-state index contributed by atoms with van der Waals surface area (Å²) in [4.78, 5) is 2.64. The summed E-state index contributed by atoms with van der Waals surface area (Å²) in [5.74, 6) is 2.51. The fraction of sp³-hybridized carbons (Fsp3) is 1.00. The van der Waals surface area contributed by atoms with Crippen LogP contribution in [0.25, 0.3) is 0 Å². The third kappa shape index (κ3) is 3.93. The van der Waals surface area contributed by atoms with E-state index in [1.807, 2.05) is 0 Å². The van der Waals surface area contributed by atoms with Crippen molar-refractivity contribution in [2.24, 2.45) is 17.8 Å². The monoisotopic (exact) mass is 268 g/mol. The van der Waals surface area contributed by atoms with Crippen LogP contribution in [-0.2, 0) is 4.74 Å². The van der Waals surface area contributed by atoms with Crippen molar-refractivity contribution in [3.05, 3.63) is 0 Å². The minimum absolute atomic E-state index is 0.586. The molecule has 0 aromatic rings. The van der Waals surface area contributed by atoms with Gasteiger partial charge in [0.2, 0.25) is 0 Å². The van der Waals surface area contributed by atoms with E-state index in [0.29, 0.717) is 12.1 Å². The molecule has 1 aliphatic carbocycles. The molecule has 3 heteroatoms. The van der Waals surface area contributed by atoms with Crippen molar-refractivity contribution in [1.29, 1.82) is 0 Å². The summed E-state index contributed by atoms with van der Waals surface area (Å²) < 4.78 is 5.56. The van der Waals surface area contributed by atoms with Crippen LogP contribution >= 0.6 is 0 Å². The standard InChI is InChI=1S/C16H32N2O/c1-5-17-16-9-12(2)8-13(3)15(16)10-18-6-7-19-11-14(18)4/h12-17H,5-11H2,1-4H3. The van der Waals surface area contributed by atoms with Crippen molar-refractivity contribution in [1.82, 2.24) is 10.2 Å². The van der Waals surface area contributed by atoms with Crippen molar-refractivity contribution in [2.75, 3.05) is 32.8 Å².